The van der Waals surface area contributed by atoms with Crippen molar-refractivity contribution in [1.29, 1.82) is 0 Å². The second kappa shape index (κ2) is 10.0. The van der Waals surface area contributed by atoms with Crippen molar-refractivity contribution in [2.24, 2.45) is 4.99 Å². The van der Waals surface area contributed by atoms with Gasteiger partial charge in [0.1, 0.15) is 12.4 Å². The molecule has 140 valence electrons. The summed E-state index contributed by atoms with van der Waals surface area (Å²) in [7, 11) is 0. The van der Waals surface area contributed by atoms with Gasteiger partial charge in [-0.3, -0.25) is 0 Å². The van der Waals surface area contributed by atoms with Crippen LogP contribution in [0, 0.1) is 0 Å². The summed E-state index contributed by atoms with van der Waals surface area (Å²) >= 11 is 0. The molecule has 6 nitrogen and oxygen atoms in total. The number of furan rings is 1. The van der Waals surface area contributed by atoms with Gasteiger partial charge in [-0.2, -0.15) is 0 Å². The first-order valence-electron chi connectivity index (χ1n) is 9.00. The molecule has 3 aromatic rings. The lowest BCUT2D eigenvalue weighted by molar-refractivity contribution is 0.290. The van der Waals surface area contributed by atoms with Crippen LogP contribution in [0.4, 0.5) is 0 Å². The Hall–Kier alpha value is -3.28. The molecule has 27 heavy (non-hydrogen) atoms. The minimum atomic E-state index is 0.464. The lowest BCUT2D eigenvalue weighted by Gasteiger charge is -2.12. The fourth-order valence-corrected chi connectivity index (χ4v) is 2.49. The van der Waals surface area contributed by atoms with Crippen molar-refractivity contribution in [3.05, 3.63) is 83.9 Å². The molecule has 0 aliphatic carbocycles. The third-order valence-corrected chi connectivity index (χ3v) is 3.83. The number of nitrogens with one attached hydrogen (secondary N) is 2. The van der Waals surface area contributed by atoms with Crippen LogP contribution in [0.1, 0.15) is 23.8 Å². The molecule has 0 bridgehead atoms. The Labute approximate surface area is 159 Å². The SMILES string of the molecule is CCNC(=NCc1cccnc1OCc1ccccc1)NCc1ccco1. The van der Waals surface area contributed by atoms with E-state index in [4.69, 9.17) is 9.15 Å². The zero-order valence-corrected chi connectivity index (χ0v) is 15.4. The average molecular weight is 364 g/mol. The summed E-state index contributed by atoms with van der Waals surface area (Å²) in [6.07, 6.45) is 3.39. The van der Waals surface area contributed by atoms with Gasteiger partial charge >= 0.3 is 0 Å². The fraction of sp³-hybridized carbons (Fsp3) is 0.238. The summed E-state index contributed by atoms with van der Waals surface area (Å²) in [4.78, 5) is 8.99. The molecule has 2 heterocycles. The number of aromatic nitrogens is 1. The van der Waals surface area contributed by atoms with Gasteiger partial charge in [-0.05, 0) is 30.7 Å². The van der Waals surface area contributed by atoms with Crippen LogP contribution >= 0.6 is 0 Å². The molecule has 2 N–H and O–H groups in total. The summed E-state index contributed by atoms with van der Waals surface area (Å²) in [5.41, 5.74) is 2.04. The van der Waals surface area contributed by atoms with Crippen LogP contribution in [0.15, 0.2) is 76.5 Å². The predicted molar refractivity (Wildman–Crippen MR) is 105 cm³/mol. The van der Waals surface area contributed by atoms with Gasteiger partial charge in [-0.1, -0.05) is 36.4 Å². The average Bonchev–Trinajstić information content (AvgIpc) is 3.23. The number of guanidine groups is 1. The van der Waals surface area contributed by atoms with Crippen LogP contribution in [0.2, 0.25) is 0 Å². The number of benzene rings is 1. The van der Waals surface area contributed by atoms with E-state index in [0.717, 1.165) is 23.4 Å². The monoisotopic (exact) mass is 364 g/mol. The Morgan fingerprint density at radius 3 is 2.74 bits per heavy atom. The standard InChI is InChI=1S/C21H24N4O2/c1-2-22-21(25-15-19-11-7-13-26-19)24-14-18-10-6-12-23-20(18)27-16-17-8-4-3-5-9-17/h3-13H,2,14-16H2,1H3,(H2,22,24,25). The van der Waals surface area contributed by atoms with Gasteiger partial charge in [-0.25, -0.2) is 9.98 Å². The fourth-order valence-electron chi connectivity index (χ4n) is 2.49. The molecule has 2 aromatic heterocycles. The van der Waals surface area contributed by atoms with Crippen molar-refractivity contribution in [3.8, 4) is 5.88 Å². The number of ether oxygens (including phenoxy) is 1. The maximum Gasteiger partial charge on any atom is 0.218 e. The third kappa shape index (κ3) is 5.88. The van der Waals surface area contributed by atoms with E-state index in [1.165, 1.54) is 0 Å². The molecule has 0 aliphatic rings. The molecule has 0 fully saturated rings. The Balaban J connectivity index is 1.63. The van der Waals surface area contributed by atoms with Crippen molar-refractivity contribution in [2.45, 2.75) is 26.6 Å². The number of hydrogen-bond acceptors (Lipinski definition) is 4. The van der Waals surface area contributed by atoms with E-state index in [1.54, 1.807) is 12.5 Å². The van der Waals surface area contributed by atoms with Crippen LogP contribution in [0.3, 0.4) is 0 Å². The molecule has 0 atom stereocenters. The van der Waals surface area contributed by atoms with E-state index in [2.05, 4.69) is 20.6 Å². The molecule has 0 spiro atoms. The highest BCUT2D eigenvalue weighted by Crippen LogP contribution is 2.17. The Kier molecular flexibility index (Phi) is 6.86. The first-order valence-corrected chi connectivity index (χ1v) is 9.00. The predicted octanol–water partition coefficient (Wildman–Crippen LogP) is 3.51. The summed E-state index contributed by atoms with van der Waals surface area (Å²) in [6, 6.07) is 17.7. The van der Waals surface area contributed by atoms with E-state index >= 15 is 0 Å². The molecular weight excluding hydrogens is 340 g/mol. The van der Waals surface area contributed by atoms with Crippen molar-refractivity contribution in [3.63, 3.8) is 0 Å². The van der Waals surface area contributed by atoms with Crippen LogP contribution in [-0.4, -0.2) is 17.5 Å². The van der Waals surface area contributed by atoms with Gasteiger partial charge in [0.25, 0.3) is 0 Å². The zero-order valence-electron chi connectivity index (χ0n) is 15.4. The van der Waals surface area contributed by atoms with Gasteiger partial charge in [0.2, 0.25) is 5.88 Å². The Morgan fingerprint density at radius 2 is 1.96 bits per heavy atom. The van der Waals surface area contributed by atoms with Crippen LogP contribution < -0.4 is 15.4 Å². The molecule has 3 rings (SSSR count). The van der Waals surface area contributed by atoms with Gasteiger partial charge in [0, 0.05) is 18.3 Å². The first-order chi connectivity index (χ1) is 13.3. The maximum absolute atomic E-state index is 5.90. The Bertz CT molecular complexity index is 832. The molecule has 1 aromatic carbocycles. The quantitative estimate of drug-likeness (QED) is 0.473. The highest BCUT2D eigenvalue weighted by atomic mass is 16.5. The number of rotatable bonds is 8. The second-order valence-electron chi connectivity index (χ2n) is 5.87. The molecule has 0 amide bonds. The molecule has 0 saturated heterocycles. The molecule has 0 radical (unpaired) electrons. The van der Waals surface area contributed by atoms with E-state index < -0.39 is 0 Å². The lowest BCUT2D eigenvalue weighted by Crippen LogP contribution is -2.36. The van der Waals surface area contributed by atoms with Crippen LogP contribution in [0.5, 0.6) is 5.88 Å². The van der Waals surface area contributed by atoms with Crippen LogP contribution in [0.25, 0.3) is 0 Å². The van der Waals surface area contributed by atoms with Crippen molar-refractivity contribution >= 4 is 5.96 Å². The largest absolute Gasteiger partial charge is 0.473 e. The molecule has 0 aliphatic heterocycles. The number of nitrogens with zero attached hydrogens (tertiary/aromatic N) is 2. The van der Waals surface area contributed by atoms with Crippen molar-refractivity contribution in [1.82, 2.24) is 15.6 Å². The summed E-state index contributed by atoms with van der Waals surface area (Å²) in [5, 5.41) is 6.48. The minimum Gasteiger partial charge on any atom is -0.473 e. The van der Waals surface area contributed by atoms with Gasteiger partial charge in [0.05, 0.1) is 19.4 Å². The second-order valence-corrected chi connectivity index (χ2v) is 5.87. The van der Waals surface area contributed by atoms with Crippen molar-refractivity contribution < 1.29 is 9.15 Å². The van der Waals surface area contributed by atoms with Gasteiger partial charge in [0.15, 0.2) is 5.96 Å². The van der Waals surface area contributed by atoms with E-state index in [9.17, 15) is 0 Å². The number of aliphatic imine (C=N–C) groups is 1. The third-order valence-electron chi connectivity index (χ3n) is 3.83. The van der Waals surface area contributed by atoms with E-state index in [-0.39, 0.29) is 0 Å². The normalized spacial score (nSPS) is 11.2. The number of hydrogen-bond donors (Lipinski definition) is 2. The van der Waals surface area contributed by atoms with Crippen molar-refractivity contribution in [2.75, 3.05) is 6.54 Å². The van der Waals surface area contributed by atoms with Gasteiger partial charge < -0.3 is 19.8 Å². The molecular formula is C21H24N4O2. The topological polar surface area (TPSA) is 71.7 Å². The molecule has 0 unspecified atom stereocenters. The zero-order chi connectivity index (χ0) is 18.7. The summed E-state index contributed by atoms with van der Waals surface area (Å²) in [6.45, 7) is 4.32. The van der Waals surface area contributed by atoms with Crippen LogP contribution in [-0.2, 0) is 19.7 Å². The molecule has 6 heteroatoms. The lowest BCUT2D eigenvalue weighted by atomic mass is 10.2. The molecule has 0 saturated carbocycles. The first kappa shape index (κ1) is 18.5. The van der Waals surface area contributed by atoms with Gasteiger partial charge in [-0.15, -0.1) is 0 Å². The minimum absolute atomic E-state index is 0.464. The summed E-state index contributed by atoms with van der Waals surface area (Å²) < 4.78 is 11.2. The van der Waals surface area contributed by atoms with E-state index in [1.807, 2.05) is 61.5 Å². The van der Waals surface area contributed by atoms with E-state index in [0.29, 0.717) is 31.5 Å². The highest BCUT2D eigenvalue weighted by molar-refractivity contribution is 5.79. The maximum atomic E-state index is 5.90. The Morgan fingerprint density at radius 1 is 1.07 bits per heavy atom. The highest BCUT2D eigenvalue weighted by Gasteiger charge is 2.06. The number of pyridine rings is 1. The summed E-state index contributed by atoms with van der Waals surface area (Å²) in [5.74, 6) is 2.17. The smallest absolute Gasteiger partial charge is 0.218 e.